The van der Waals surface area contributed by atoms with Crippen LogP contribution >= 0.6 is 12.2 Å². The molecule has 0 aliphatic rings. The maximum atomic E-state index is 12.4. The van der Waals surface area contributed by atoms with Gasteiger partial charge in [0.1, 0.15) is 17.2 Å². The van der Waals surface area contributed by atoms with E-state index in [1.165, 1.54) is 0 Å². The maximum absolute atomic E-state index is 12.4. The fourth-order valence-electron chi connectivity index (χ4n) is 2.18. The van der Waals surface area contributed by atoms with Crippen LogP contribution < -0.4 is 24.8 Å². The Morgan fingerprint density at radius 2 is 1.88 bits per heavy atom. The van der Waals surface area contributed by atoms with Gasteiger partial charge in [-0.25, -0.2) is 0 Å². The topological polar surface area (TPSA) is 68.8 Å². The molecule has 0 aromatic heterocycles. The molecule has 0 aliphatic carbocycles. The first-order chi connectivity index (χ1) is 12.6. The molecule has 2 aromatic rings. The molecular weight excluding hydrogens is 352 g/mol. The predicted molar refractivity (Wildman–Crippen MR) is 105 cm³/mol. The van der Waals surface area contributed by atoms with Gasteiger partial charge in [0.05, 0.1) is 26.5 Å². The molecule has 2 rings (SSSR count). The van der Waals surface area contributed by atoms with E-state index in [1.807, 2.05) is 13.0 Å². The van der Waals surface area contributed by atoms with Crippen molar-refractivity contribution in [2.75, 3.05) is 26.1 Å². The third-order valence-electron chi connectivity index (χ3n) is 3.45. The second-order valence-corrected chi connectivity index (χ2v) is 5.76. The molecule has 26 heavy (non-hydrogen) atoms. The molecule has 6 nitrogen and oxygen atoms in total. The van der Waals surface area contributed by atoms with Crippen molar-refractivity contribution in [2.24, 2.45) is 0 Å². The summed E-state index contributed by atoms with van der Waals surface area (Å²) in [7, 11) is 3.12. The minimum Gasteiger partial charge on any atom is -0.497 e. The van der Waals surface area contributed by atoms with Gasteiger partial charge in [0, 0.05) is 11.6 Å². The first-order valence-corrected chi connectivity index (χ1v) is 8.55. The lowest BCUT2D eigenvalue weighted by Crippen LogP contribution is -2.34. The molecule has 0 saturated heterocycles. The SMILES string of the molecule is CCCOc1cccc(C(=O)NC(=S)Nc2ccc(OC)cc2OC)c1. The van der Waals surface area contributed by atoms with Crippen LogP contribution in [0.25, 0.3) is 0 Å². The van der Waals surface area contributed by atoms with Gasteiger partial charge >= 0.3 is 0 Å². The summed E-state index contributed by atoms with van der Waals surface area (Å²) in [5, 5.41) is 5.76. The monoisotopic (exact) mass is 374 g/mol. The molecule has 0 spiro atoms. The maximum Gasteiger partial charge on any atom is 0.257 e. The van der Waals surface area contributed by atoms with Crippen molar-refractivity contribution in [2.45, 2.75) is 13.3 Å². The highest BCUT2D eigenvalue weighted by atomic mass is 32.1. The molecule has 0 fully saturated rings. The van der Waals surface area contributed by atoms with Crippen molar-refractivity contribution >= 4 is 28.9 Å². The van der Waals surface area contributed by atoms with Gasteiger partial charge in [-0.15, -0.1) is 0 Å². The van der Waals surface area contributed by atoms with E-state index >= 15 is 0 Å². The van der Waals surface area contributed by atoms with Crippen molar-refractivity contribution in [3.05, 3.63) is 48.0 Å². The fourth-order valence-corrected chi connectivity index (χ4v) is 2.38. The van der Waals surface area contributed by atoms with Gasteiger partial charge in [-0.2, -0.15) is 0 Å². The predicted octanol–water partition coefficient (Wildman–Crippen LogP) is 3.62. The van der Waals surface area contributed by atoms with Crippen molar-refractivity contribution in [1.29, 1.82) is 0 Å². The number of methoxy groups -OCH3 is 2. The highest BCUT2D eigenvalue weighted by Gasteiger charge is 2.11. The summed E-state index contributed by atoms with van der Waals surface area (Å²) in [6.45, 7) is 2.62. The molecule has 7 heteroatoms. The number of rotatable bonds is 7. The van der Waals surface area contributed by atoms with Crippen LogP contribution in [0.15, 0.2) is 42.5 Å². The van der Waals surface area contributed by atoms with Gasteiger partial charge in [0.25, 0.3) is 5.91 Å². The van der Waals surface area contributed by atoms with E-state index in [9.17, 15) is 4.79 Å². The standard InChI is InChI=1S/C19H22N2O4S/c1-4-10-25-15-7-5-6-13(11-15)18(22)21-19(26)20-16-9-8-14(23-2)12-17(16)24-3/h5-9,11-12H,4,10H2,1-3H3,(H2,20,21,22,26). The number of carbonyl (C=O) groups is 1. The Balaban J connectivity index is 2.02. The second kappa shape index (κ2) is 9.62. The van der Waals surface area contributed by atoms with E-state index in [1.54, 1.807) is 50.6 Å². The molecule has 0 saturated carbocycles. The zero-order chi connectivity index (χ0) is 18.9. The van der Waals surface area contributed by atoms with Crippen LogP contribution in [0.5, 0.6) is 17.2 Å². The number of hydrogen-bond acceptors (Lipinski definition) is 5. The first kappa shape index (κ1) is 19.5. The summed E-state index contributed by atoms with van der Waals surface area (Å²) in [5.41, 5.74) is 1.09. The smallest absolute Gasteiger partial charge is 0.257 e. The average Bonchev–Trinajstić information content (AvgIpc) is 2.66. The number of benzene rings is 2. The van der Waals surface area contributed by atoms with Gasteiger partial charge in [-0.3, -0.25) is 10.1 Å². The Bertz CT molecular complexity index is 780. The molecular formula is C19H22N2O4S. The largest absolute Gasteiger partial charge is 0.497 e. The normalized spacial score (nSPS) is 9.96. The highest BCUT2D eigenvalue weighted by molar-refractivity contribution is 7.80. The number of hydrogen-bond donors (Lipinski definition) is 2. The Morgan fingerprint density at radius 1 is 1.08 bits per heavy atom. The summed E-state index contributed by atoms with van der Waals surface area (Å²) in [6, 6.07) is 12.2. The summed E-state index contributed by atoms with van der Waals surface area (Å²) < 4.78 is 16.0. The van der Waals surface area contributed by atoms with Crippen molar-refractivity contribution < 1.29 is 19.0 Å². The number of ether oxygens (including phenoxy) is 3. The third-order valence-corrected chi connectivity index (χ3v) is 3.66. The lowest BCUT2D eigenvalue weighted by molar-refractivity contribution is 0.0977. The molecule has 0 radical (unpaired) electrons. The molecule has 2 aromatic carbocycles. The number of thiocarbonyl (C=S) groups is 1. The van der Waals surface area contributed by atoms with Crippen molar-refractivity contribution in [3.63, 3.8) is 0 Å². The summed E-state index contributed by atoms with van der Waals surface area (Å²) in [5.74, 6) is 1.54. The molecule has 0 aliphatic heterocycles. The Kier molecular flexibility index (Phi) is 7.23. The minimum atomic E-state index is -0.322. The molecule has 138 valence electrons. The quantitative estimate of drug-likeness (QED) is 0.722. The van der Waals surface area contributed by atoms with Crippen LogP contribution in [0.1, 0.15) is 23.7 Å². The Labute approximate surface area is 158 Å². The van der Waals surface area contributed by atoms with E-state index in [2.05, 4.69) is 10.6 Å². The minimum absolute atomic E-state index is 0.165. The van der Waals surface area contributed by atoms with E-state index < -0.39 is 0 Å². The summed E-state index contributed by atoms with van der Waals surface area (Å²) in [6.07, 6.45) is 0.897. The molecule has 0 heterocycles. The Morgan fingerprint density at radius 3 is 2.58 bits per heavy atom. The van der Waals surface area contributed by atoms with Crippen LogP contribution in [0.2, 0.25) is 0 Å². The van der Waals surface area contributed by atoms with Crippen LogP contribution in [-0.4, -0.2) is 31.8 Å². The summed E-state index contributed by atoms with van der Waals surface area (Å²) in [4.78, 5) is 12.4. The molecule has 0 bridgehead atoms. The van der Waals surface area contributed by atoms with E-state index in [0.717, 1.165) is 6.42 Å². The van der Waals surface area contributed by atoms with Crippen LogP contribution in [-0.2, 0) is 0 Å². The number of anilines is 1. The Hall–Kier alpha value is -2.80. The van der Waals surface area contributed by atoms with Crippen LogP contribution in [0.4, 0.5) is 5.69 Å². The van der Waals surface area contributed by atoms with Gasteiger partial charge < -0.3 is 19.5 Å². The number of carbonyl (C=O) groups excluding carboxylic acids is 1. The molecule has 0 unspecified atom stereocenters. The number of amides is 1. The first-order valence-electron chi connectivity index (χ1n) is 8.14. The second-order valence-electron chi connectivity index (χ2n) is 5.35. The van der Waals surface area contributed by atoms with Gasteiger partial charge in [-0.1, -0.05) is 13.0 Å². The van der Waals surface area contributed by atoms with Gasteiger partial charge in [-0.05, 0) is 49.0 Å². The zero-order valence-electron chi connectivity index (χ0n) is 15.0. The number of nitrogens with one attached hydrogen (secondary N) is 2. The van der Waals surface area contributed by atoms with Crippen molar-refractivity contribution in [3.8, 4) is 17.2 Å². The molecule has 2 N–H and O–H groups in total. The van der Waals surface area contributed by atoms with E-state index in [0.29, 0.717) is 35.1 Å². The summed E-state index contributed by atoms with van der Waals surface area (Å²) >= 11 is 5.22. The highest BCUT2D eigenvalue weighted by Crippen LogP contribution is 2.28. The lowest BCUT2D eigenvalue weighted by Gasteiger charge is -2.14. The average molecular weight is 374 g/mol. The molecule has 0 atom stereocenters. The zero-order valence-corrected chi connectivity index (χ0v) is 15.8. The van der Waals surface area contributed by atoms with Crippen molar-refractivity contribution in [1.82, 2.24) is 5.32 Å². The van der Waals surface area contributed by atoms with Crippen LogP contribution in [0.3, 0.4) is 0 Å². The van der Waals surface area contributed by atoms with Gasteiger partial charge in [0.2, 0.25) is 0 Å². The van der Waals surface area contributed by atoms with Gasteiger partial charge in [0.15, 0.2) is 5.11 Å². The lowest BCUT2D eigenvalue weighted by atomic mass is 10.2. The molecule has 1 amide bonds. The fraction of sp³-hybridized carbons (Fsp3) is 0.263. The van der Waals surface area contributed by atoms with E-state index in [4.69, 9.17) is 26.4 Å². The van der Waals surface area contributed by atoms with E-state index in [-0.39, 0.29) is 11.0 Å². The third kappa shape index (κ3) is 5.35. The van der Waals surface area contributed by atoms with Crippen LogP contribution in [0, 0.1) is 0 Å².